The van der Waals surface area contributed by atoms with Gasteiger partial charge in [-0.1, -0.05) is 0 Å². The van der Waals surface area contributed by atoms with Gasteiger partial charge < -0.3 is 10.2 Å². The molecule has 2 fully saturated rings. The molecule has 0 radical (unpaired) electrons. The highest BCUT2D eigenvalue weighted by atomic mass is 19.4. The lowest BCUT2D eigenvalue weighted by Gasteiger charge is -2.37. The summed E-state index contributed by atoms with van der Waals surface area (Å²) in [5, 5.41) is 3.54. The van der Waals surface area contributed by atoms with Gasteiger partial charge in [-0.2, -0.15) is 13.2 Å². The number of fused-ring (bicyclic) bond motifs is 2. The van der Waals surface area contributed by atoms with Crippen LogP contribution in [0.4, 0.5) is 18.9 Å². The van der Waals surface area contributed by atoms with Gasteiger partial charge in [-0.05, 0) is 37.8 Å². The Balaban J connectivity index is 1.78. The number of alkyl halides is 3. The van der Waals surface area contributed by atoms with Gasteiger partial charge in [0.05, 0.1) is 0 Å². The van der Waals surface area contributed by atoms with Crippen molar-refractivity contribution in [2.75, 3.05) is 11.9 Å². The van der Waals surface area contributed by atoms with Crippen LogP contribution in [0.25, 0.3) is 0 Å². The molecule has 0 saturated carbocycles. The first-order valence-electron chi connectivity index (χ1n) is 6.95. The predicted octanol–water partition coefficient (Wildman–Crippen LogP) is 2.82. The molecule has 3 heterocycles. The summed E-state index contributed by atoms with van der Waals surface area (Å²) >= 11 is 0. The maximum Gasteiger partial charge on any atom is 0.433 e. The first-order valence-corrected chi connectivity index (χ1v) is 6.95. The van der Waals surface area contributed by atoms with Gasteiger partial charge in [0, 0.05) is 37.1 Å². The molecule has 110 valence electrons. The molecule has 3 rings (SSSR count). The molecule has 1 N–H and O–H groups in total. The molecule has 2 aliphatic rings. The highest BCUT2D eigenvalue weighted by molar-refractivity contribution is 5.47. The van der Waals surface area contributed by atoms with E-state index in [-0.39, 0.29) is 0 Å². The topological polar surface area (TPSA) is 28.2 Å². The van der Waals surface area contributed by atoms with Gasteiger partial charge in [0.25, 0.3) is 0 Å². The molecule has 0 spiro atoms. The molecule has 3 nitrogen and oxygen atoms in total. The van der Waals surface area contributed by atoms with Crippen LogP contribution in [0.5, 0.6) is 0 Å². The third kappa shape index (κ3) is 2.61. The maximum atomic E-state index is 12.7. The van der Waals surface area contributed by atoms with Crippen molar-refractivity contribution >= 4 is 5.69 Å². The average molecular weight is 285 g/mol. The van der Waals surface area contributed by atoms with Crippen molar-refractivity contribution < 1.29 is 13.2 Å². The largest absolute Gasteiger partial charge is 0.433 e. The summed E-state index contributed by atoms with van der Waals surface area (Å²) in [5.74, 6) is 0. The second kappa shape index (κ2) is 4.91. The molecular formula is C14H18F3N3. The summed E-state index contributed by atoms with van der Waals surface area (Å²) < 4.78 is 38.1. The summed E-state index contributed by atoms with van der Waals surface area (Å²) in [4.78, 5) is 5.39. The van der Waals surface area contributed by atoms with E-state index in [9.17, 15) is 13.2 Å². The predicted molar refractivity (Wildman–Crippen MR) is 70.6 cm³/mol. The highest BCUT2D eigenvalue weighted by Gasteiger charge is 2.36. The number of anilines is 1. The molecule has 1 aromatic rings. The lowest BCUT2D eigenvalue weighted by molar-refractivity contribution is -0.141. The van der Waals surface area contributed by atoms with Crippen LogP contribution in [0.3, 0.4) is 0 Å². The summed E-state index contributed by atoms with van der Waals surface area (Å²) in [6.07, 6.45) is 1.21. The Kier molecular flexibility index (Phi) is 3.36. The number of rotatable bonds is 2. The van der Waals surface area contributed by atoms with Crippen LogP contribution < -0.4 is 10.2 Å². The third-order valence-corrected chi connectivity index (χ3v) is 4.44. The van der Waals surface area contributed by atoms with E-state index in [0.717, 1.165) is 18.9 Å². The third-order valence-electron chi connectivity index (χ3n) is 4.44. The molecule has 2 atom stereocenters. The van der Waals surface area contributed by atoms with Crippen molar-refractivity contribution in [3.63, 3.8) is 0 Å². The normalized spacial score (nSPS) is 29.5. The van der Waals surface area contributed by atoms with Crippen LogP contribution in [0.2, 0.25) is 0 Å². The fourth-order valence-electron chi connectivity index (χ4n) is 3.35. The van der Waals surface area contributed by atoms with Gasteiger partial charge in [-0.15, -0.1) is 0 Å². The number of aromatic nitrogens is 1. The first-order chi connectivity index (χ1) is 9.43. The number of nitrogens with zero attached hydrogens (tertiary/aromatic N) is 2. The number of hydrogen-bond acceptors (Lipinski definition) is 3. The summed E-state index contributed by atoms with van der Waals surface area (Å²) in [6.45, 7) is 0. The fraction of sp³-hybridized carbons (Fsp3) is 0.643. The Bertz CT molecular complexity index is 477. The van der Waals surface area contributed by atoms with Crippen molar-refractivity contribution in [1.82, 2.24) is 10.3 Å². The van der Waals surface area contributed by atoms with E-state index in [2.05, 4.69) is 10.3 Å². The van der Waals surface area contributed by atoms with Gasteiger partial charge in [0.1, 0.15) is 5.69 Å². The Morgan fingerprint density at radius 2 is 1.90 bits per heavy atom. The Labute approximate surface area is 116 Å². The smallest absolute Gasteiger partial charge is 0.371 e. The standard InChI is InChI=1S/C14H18F3N3/c1-20(12-6-9-2-3-10(7-12)19-9)11-4-5-18-13(8-11)14(15,16)17/h4-5,8-10,12,19H,2-3,6-7H2,1H3. The van der Waals surface area contributed by atoms with Crippen molar-refractivity contribution in [2.45, 2.75) is 50.0 Å². The molecule has 0 amide bonds. The van der Waals surface area contributed by atoms with Gasteiger partial charge in [0.2, 0.25) is 0 Å². The van der Waals surface area contributed by atoms with E-state index in [1.165, 1.54) is 19.0 Å². The minimum Gasteiger partial charge on any atom is -0.371 e. The van der Waals surface area contributed by atoms with Crippen LogP contribution in [0, 0.1) is 0 Å². The van der Waals surface area contributed by atoms with Crippen molar-refractivity contribution in [2.24, 2.45) is 0 Å². The molecule has 2 bridgehead atoms. The fourth-order valence-corrected chi connectivity index (χ4v) is 3.35. The summed E-state index contributed by atoms with van der Waals surface area (Å²) in [5.41, 5.74) is -0.225. The molecule has 6 heteroatoms. The van der Waals surface area contributed by atoms with Crippen molar-refractivity contribution in [3.8, 4) is 0 Å². The highest BCUT2D eigenvalue weighted by Crippen LogP contribution is 2.33. The second-order valence-corrected chi connectivity index (χ2v) is 5.77. The van der Waals surface area contributed by atoms with Gasteiger partial charge in [-0.25, -0.2) is 0 Å². The van der Waals surface area contributed by atoms with E-state index in [0.29, 0.717) is 23.8 Å². The summed E-state index contributed by atoms with van der Waals surface area (Å²) in [7, 11) is 1.88. The molecule has 2 unspecified atom stereocenters. The Morgan fingerprint density at radius 1 is 1.25 bits per heavy atom. The van der Waals surface area contributed by atoms with Crippen LogP contribution in [-0.2, 0) is 6.18 Å². The lowest BCUT2D eigenvalue weighted by atomic mass is 9.98. The van der Waals surface area contributed by atoms with E-state index < -0.39 is 11.9 Å². The molecule has 0 aromatic carbocycles. The molecular weight excluding hydrogens is 267 g/mol. The minimum atomic E-state index is -4.38. The first kappa shape index (κ1) is 13.7. The Hall–Kier alpha value is -1.30. The van der Waals surface area contributed by atoms with Gasteiger partial charge in [0.15, 0.2) is 0 Å². The number of nitrogens with one attached hydrogen (secondary N) is 1. The molecule has 20 heavy (non-hydrogen) atoms. The second-order valence-electron chi connectivity index (χ2n) is 5.77. The van der Waals surface area contributed by atoms with E-state index >= 15 is 0 Å². The number of pyridine rings is 1. The van der Waals surface area contributed by atoms with Gasteiger partial charge in [-0.3, -0.25) is 4.98 Å². The zero-order valence-electron chi connectivity index (χ0n) is 11.3. The molecule has 2 saturated heterocycles. The minimum absolute atomic E-state index is 0.303. The van der Waals surface area contributed by atoms with Gasteiger partial charge >= 0.3 is 6.18 Å². The SMILES string of the molecule is CN(c1ccnc(C(F)(F)F)c1)C1CC2CCC(C1)N2. The van der Waals surface area contributed by atoms with E-state index in [1.807, 2.05) is 11.9 Å². The number of halogens is 3. The zero-order valence-corrected chi connectivity index (χ0v) is 11.3. The van der Waals surface area contributed by atoms with E-state index in [1.54, 1.807) is 6.07 Å². The zero-order chi connectivity index (χ0) is 14.3. The monoisotopic (exact) mass is 285 g/mol. The number of piperidine rings is 1. The van der Waals surface area contributed by atoms with Crippen molar-refractivity contribution in [1.29, 1.82) is 0 Å². The lowest BCUT2D eigenvalue weighted by Crippen LogP contribution is -2.47. The molecule has 2 aliphatic heterocycles. The van der Waals surface area contributed by atoms with Crippen LogP contribution in [0.15, 0.2) is 18.3 Å². The quantitative estimate of drug-likeness (QED) is 0.905. The van der Waals surface area contributed by atoms with Crippen LogP contribution in [0.1, 0.15) is 31.4 Å². The van der Waals surface area contributed by atoms with Crippen LogP contribution in [-0.4, -0.2) is 30.2 Å². The van der Waals surface area contributed by atoms with Crippen molar-refractivity contribution in [3.05, 3.63) is 24.0 Å². The Morgan fingerprint density at radius 3 is 2.50 bits per heavy atom. The number of hydrogen-bond donors (Lipinski definition) is 1. The van der Waals surface area contributed by atoms with Crippen LogP contribution >= 0.6 is 0 Å². The molecule has 1 aromatic heterocycles. The molecule has 0 aliphatic carbocycles. The summed E-state index contributed by atoms with van der Waals surface area (Å²) in [6, 6.07) is 4.14. The maximum absolute atomic E-state index is 12.7. The van der Waals surface area contributed by atoms with E-state index in [4.69, 9.17) is 0 Å². The average Bonchev–Trinajstić information content (AvgIpc) is 2.76.